The van der Waals surface area contributed by atoms with E-state index in [0.717, 1.165) is 5.56 Å². The Hall–Kier alpha value is -2.80. The van der Waals surface area contributed by atoms with Crippen molar-refractivity contribution in [3.05, 3.63) is 58.9 Å². The van der Waals surface area contributed by atoms with Crippen molar-refractivity contribution in [1.29, 1.82) is 0 Å². The Kier molecular flexibility index (Phi) is 6.39. The van der Waals surface area contributed by atoms with Gasteiger partial charge in [-0.25, -0.2) is 4.98 Å². The second kappa shape index (κ2) is 8.73. The first-order valence-electron chi connectivity index (χ1n) is 7.11. The summed E-state index contributed by atoms with van der Waals surface area (Å²) >= 11 is 5.91. The number of hydrogen-bond donors (Lipinski definition) is 2. The number of amides is 2. The summed E-state index contributed by atoms with van der Waals surface area (Å²) in [7, 11) is 0. The van der Waals surface area contributed by atoms with Crippen LogP contribution in [0.4, 0.5) is 4.79 Å². The summed E-state index contributed by atoms with van der Waals surface area (Å²) in [6.07, 6.45) is -0.0635. The number of rotatable bonds is 7. The number of hydrogen-bond acceptors (Lipinski definition) is 5. The summed E-state index contributed by atoms with van der Waals surface area (Å²) in [4.78, 5) is 26.4. The number of benzene rings is 1. The molecule has 1 heterocycles. The van der Waals surface area contributed by atoms with Gasteiger partial charge in [0.05, 0.1) is 5.02 Å². The molecule has 0 fully saturated rings. The van der Waals surface area contributed by atoms with Crippen LogP contribution in [0.15, 0.2) is 42.6 Å². The van der Waals surface area contributed by atoms with Crippen LogP contribution in [0.2, 0.25) is 5.02 Å². The Morgan fingerprint density at radius 1 is 1.17 bits per heavy atom. The van der Waals surface area contributed by atoms with E-state index in [1.807, 2.05) is 35.6 Å². The zero-order chi connectivity index (χ0) is 17.4. The lowest BCUT2D eigenvalue weighted by molar-refractivity contribution is -0.250. The molecule has 0 aliphatic carbocycles. The molecule has 0 unspecified atom stereocenters. The van der Waals surface area contributed by atoms with Crippen molar-refractivity contribution in [2.24, 2.45) is 0 Å². The molecule has 0 saturated heterocycles. The molecule has 0 spiro atoms. The molecule has 0 aliphatic heterocycles. The normalized spacial score (nSPS) is 10.0. The third-order valence-electron chi connectivity index (χ3n) is 2.95. The Bertz CT molecular complexity index is 710. The second-order valence-corrected chi connectivity index (χ2v) is 5.18. The third kappa shape index (κ3) is 5.44. The highest BCUT2D eigenvalue weighted by atomic mass is 35.5. The van der Waals surface area contributed by atoms with Gasteiger partial charge in [0, 0.05) is 25.4 Å². The topological polar surface area (TPSA) is 103 Å². The van der Waals surface area contributed by atoms with Crippen LogP contribution in [0.3, 0.4) is 0 Å². The zero-order valence-corrected chi connectivity index (χ0v) is 13.4. The number of nitrogens with one attached hydrogen (secondary N) is 2. The van der Waals surface area contributed by atoms with Gasteiger partial charge in [0.2, 0.25) is 0 Å². The molecule has 8 heteroatoms. The van der Waals surface area contributed by atoms with Crippen molar-refractivity contribution >= 4 is 23.6 Å². The number of nitrogens with zero attached hydrogens (tertiary/aromatic N) is 1. The minimum Gasteiger partial charge on any atom is -0.530 e. The number of carbonyl (C=O) groups is 2. The molecule has 2 N–H and O–H groups in total. The molecule has 126 valence electrons. The average Bonchev–Trinajstić information content (AvgIpc) is 2.57. The molecule has 0 bridgehead atoms. The molecule has 0 aliphatic rings. The zero-order valence-electron chi connectivity index (χ0n) is 12.6. The molecule has 7 nitrogen and oxygen atoms in total. The lowest BCUT2D eigenvalue weighted by Crippen LogP contribution is -2.41. The maximum Gasteiger partial charge on any atom is 0.273 e. The Labute approximate surface area is 143 Å². The van der Waals surface area contributed by atoms with Crippen LogP contribution in [-0.4, -0.2) is 30.1 Å². The Morgan fingerprint density at radius 3 is 2.58 bits per heavy atom. The predicted molar refractivity (Wildman–Crippen MR) is 85.8 cm³/mol. The van der Waals surface area contributed by atoms with E-state index in [0.29, 0.717) is 5.02 Å². The monoisotopic (exact) mass is 348 g/mol. The summed E-state index contributed by atoms with van der Waals surface area (Å²) in [5, 5.41) is 15.2. The number of halogens is 1. The molecule has 0 radical (unpaired) electrons. The molecular formula is C16H15ClN3O4-. The highest BCUT2D eigenvalue weighted by Crippen LogP contribution is 2.22. The third-order valence-corrected chi connectivity index (χ3v) is 3.16. The van der Waals surface area contributed by atoms with E-state index in [4.69, 9.17) is 16.3 Å². The van der Waals surface area contributed by atoms with E-state index < -0.39 is 12.0 Å². The van der Waals surface area contributed by atoms with Crippen LogP contribution in [0.25, 0.3) is 0 Å². The molecule has 2 rings (SSSR count). The minimum atomic E-state index is -1.40. The van der Waals surface area contributed by atoms with Gasteiger partial charge >= 0.3 is 0 Å². The van der Waals surface area contributed by atoms with Crippen molar-refractivity contribution in [3.8, 4) is 5.75 Å². The number of pyridine rings is 1. The van der Waals surface area contributed by atoms with E-state index in [9.17, 15) is 14.7 Å². The van der Waals surface area contributed by atoms with E-state index in [-0.39, 0.29) is 31.1 Å². The standard InChI is InChI=1S/C16H16ClN3O4/c17-12-8-13(24-10-11-4-2-1-3-5-11)14(20-9-12)15(21)18-6-7-19-16(22)23/h1-5,8-9,19H,6-7,10H2,(H,18,21)(H,22,23)/p-1. The van der Waals surface area contributed by atoms with E-state index >= 15 is 0 Å². The Balaban J connectivity index is 2.01. The predicted octanol–water partition coefficient (Wildman–Crippen LogP) is 0.977. The largest absolute Gasteiger partial charge is 0.530 e. The van der Waals surface area contributed by atoms with Gasteiger partial charge in [-0.1, -0.05) is 41.9 Å². The molecule has 2 aromatic rings. The number of ether oxygens (including phenoxy) is 1. The number of aromatic nitrogens is 1. The van der Waals surface area contributed by atoms with Gasteiger partial charge in [0.15, 0.2) is 11.4 Å². The van der Waals surface area contributed by atoms with E-state index in [2.05, 4.69) is 10.3 Å². The molecule has 0 saturated carbocycles. The van der Waals surface area contributed by atoms with Gasteiger partial charge in [-0.2, -0.15) is 0 Å². The fourth-order valence-corrected chi connectivity index (χ4v) is 2.01. The average molecular weight is 349 g/mol. The van der Waals surface area contributed by atoms with Crippen molar-refractivity contribution < 1.29 is 19.4 Å². The second-order valence-electron chi connectivity index (χ2n) is 4.74. The van der Waals surface area contributed by atoms with Gasteiger partial charge in [0.25, 0.3) is 5.91 Å². The maximum absolute atomic E-state index is 12.1. The fraction of sp³-hybridized carbons (Fsp3) is 0.188. The van der Waals surface area contributed by atoms with Crippen molar-refractivity contribution in [2.45, 2.75) is 6.61 Å². The van der Waals surface area contributed by atoms with Crippen LogP contribution >= 0.6 is 11.6 Å². The SMILES string of the molecule is O=C([O-])NCCNC(=O)c1ncc(Cl)cc1OCc1ccccc1. The van der Waals surface area contributed by atoms with Gasteiger partial charge < -0.3 is 25.3 Å². The highest BCUT2D eigenvalue weighted by molar-refractivity contribution is 6.30. The van der Waals surface area contributed by atoms with Gasteiger partial charge in [-0.3, -0.25) is 4.79 Å². The van der Waals surface area contributed by atoms with E-state index in [1.54, 1.807) is 0 Å². The van der Waals surface area contributed by atoms with Crippen LogP contribution in [0.1, 0.15) is 16.1 Å². The molecule has 24 heavy (non-hydrogen) atoms. The Morgan fingerprint density at radius 2 is 1.88 bits per heavy atom. The van der Waals surface area contributed by atoms with Gasteiger partial charge in [-0.05, 0) is 5.56 Å². The first-order valence-corrected chi connectivity index (χ1v) is 7.49. The van der Waals surface area contributed by atoms with Gasteiger partial charge in [-0.15, -0.1) is 0 Å². The van der Waals surface area contributed by atoms with E-state index in [1.165, 1.54) is 12.3 Å². The van der Waals surface area contributed by atoms with Crippen LogP contribution in [0, 0.1) is 0 Å². The summed E-state index contributed by atoms with van der Waals surface area (Å²) in [6.45, 7) is 0.381. The minimum absolute atomic E-state index is 0.0296. The van der Waals surface area contributed by atoms with Crippen LogP contribution in [0.5, 0.6) is 5.75 Å². The highest BCUT2D eigenvalue weighted by Gasteiger charge is 2.15. The first-order chi connectivity index (χ1) is 11.6. The summed E-state index contributed by atoms with van der Waals surface area (Å²) in [5.41, 5.74) is 1.01. The van der Waals surface area contributed by atoms with Crippen LogP contribution in [-0.2, 0) is 6.61 Å². The molecule has 1 aromatic heterocycles. The molecule has 1 aromatic carbocycles. The molecule has 0 atom stereocenters. The first kappa shape index (κ1) is 17.6. The van der Waals surface area contributed by atoms with Crippen molar-refractivity contribution in [3.63, 3.8) is 0 Å². The summed E-state index contributed by atoms with van der Waals surface area (Å²) < 4.78 is 5.64. The summed E-state index contributed by atoms with van der Waals surface area (Å²) in [6, 6.07) is 10.9. The number of carboxylic acid groups (broad SMARTS) is 1. The maximum atomic E-state index is 12.1. The number of carbonyl (C=O) groups excluding carboxylic acids is 2. The van der Waals surface area contributed by atoms with Gasteiger partial charge in [0.1, 0.15) is 12.7 Å². The lowest BCUT2D eigenvalue weighted by Gasteiger charge is -2.12. The van der Waals surface area contributed by atoms with Crippen LogP contribution < -0.4 is 20.5 Å². The lowest BCUT2D eigenvalue weighted by atomic mass is 10.2. The molecule has 2 amide bonds. The fourth-order valence-electron chi connectivity index (χ4n) is 1.86. The van der Waals surface area contributed by atoms with Crippen molar-refractivity contribution in [2.75, 3.05) is 13.1 Å². The summed E-state index contributed by atoms with van der Waals surface area (Å²) in [5.74, 6) is -0.244. The molecular weight excluding hydrogens is 334 g/mol. The quantitative estimate of drug-likeness (QED) is 0.726. The van der Waals surface area contributed by atoms with Crippen molar-refractivity contribution in [1.82, 2.24) is 15.6 Å². The smallest absolute Gasteiger partial charge is 0.273 e.